The first kappa shape index (κ1) is 10.4. The van der Waals surface area contributed by atoms with Crippen molar-refractivity contribution in [3.8, 4) is 5.75 Å². The molecule has 1 aromatic carbocycles. The van der Waals surface area contributed by atoms with Crippen LogP contribution in [0.4, 0.5) is 4.39 Å². The second-order valence-electron chi connectivity index (χ2n) is 2.61. The van der Waals surface area contributed by atoms with Gasteiger partial charge in [-0.3, -0.25) is 0 Å². The van der Waals surface area contributed by atoms with E-state index in [1.165, 1.54) is 6.07 Å². The number of hydrogen-bond acceptors (Lipinski definition) is 3. The lowest BCUT2D eigenvalue weighted by atomic mass is 10.1. The molecule has 0 saturated heterocycles. The van der Waals surface area contributed by atoms with Crippen LogP contribution in [0.25, 0.3) is 0 Å². The highest BCUT2D eigenvalue weighted by atomic mass is 79.9. The highest BCUT2D eigenvalue weighted by Crippen LogP contribution is 2.28. The zero-order chi connectivity index (χ0) is 10.0. The Hall–Kier alpha value is -0.650. The first-order valence-corrected chi connectivity index (χ1v) is 4.40. The van der Waals surface area contributed by atoms with Crippen LogP contribution < -0.4 is 5.73 Å². The molecule has 0 fully saturated rings. The Balaban J connectivity index is 3.15. The van der Waals surface area contributed by atoms with E-state index in [4.69, 9.17) is 10.8 Å². The molecular weight excluding hydrogens is 241 g/mol. The Bertz CT molecular complexity index is 319. The van der Waals surface area contributed by atoms with Gasteiger partial charge < -0.3 is 15.9 Å². The Morgan fingerprint density at radius 1 is 1.54 bits per heavy atom. The van der Waals surface area contributed by atoms with Crippen molar-refractivity contribution >= 4 is 15.9 Å². The molecule has 0 amide bonds. The summed E-state index contributed by atoms with van der Waals surface area (Å²) in [4.78, 5) is 0. The van der Waals surface area contributed by atoms with Gasteiger partial charge in [0.25, 0.3) is 0 Å². The third-order valence-electron chi connectivity index (χ3n) is 1.67. The highest BCUT2D eigenvalue weighted by Gasteiger charge is 2.12. The molecule has 0 bridgehead atoms. The fraction of sp³-hybridized carbons (Fsp3) is 0.250. The van der Waals surface area contributed by atoms with Crippen LogP contribution in [0.1, 0.15) is 11.6 Å². The third-order valence-corrected chi connectivity index (χ3v) is 2.27. The third kappa shape index (κ3) is 2.18. The quantitative estimate of drug-likeness (QED) is 0.740. The minimum absolute atomic E-state index is 0.212. The summed E-state index contributed by atoms with van der Waals surface area (Å²) in [5, 5.41) is 18.0. The van der Waals surface area contributed by atoms with E-state index in [9.17, 15) is 9.50 Å². The molecule has 5 heteroatoms. The number of benzene rings is 1. The van der Waals surface area contributed by atoms with E-state index in [0.717, 1.165) is 6.07 Å². The minimum atomic E-state index is -0.697. The van der Waals surface area contributed by atoms with E-state index in [2.05, 4.69) is 15.9 Å². The van der Waals surface area contributed by atoms with Gasteiger partial charge in [0, 0.05) is 11.6 Å². The molecule has 0 aromatic heterocycles. The average Bonchev–Trinajstić information content (AvgIpc) is 2.10. The Morgan fingerprint density at radius 3 is 2.69 bits per heavy atom. The van der Waals surface area contributed by atoms with Gasteiger partial charge in [-0.1, -0.05) is 0 Å². The molecule has 1 aromatic rings. The molecule has 0 radical (unpaired) electrons. The topological polar surface area (TPSA) is 66.5 Å². The molecule has 0 aliphatic carbocycles. The zero-order valence-corrected chi connectivity index (χ0v) is 8.25. The van der Waals surface area contributed by atoms with E-state index in [0.29, 0.717) is 5.56 Å². The van der Waals surface area contributed by atoms with Gasteiger partial charge >= 0.3 is 0 Å². The lowest BCUT2D eigenvalue weighted by molar-refractivity contribution is 0.265. The van der Waals surface area contributed by atoms with Gasteiger partial charge in [0.05, 0.1) is 17.1 Å². The largest absolute Gasteiger partial charge is 0.507 e. The summed E-state index contributed by atoms with van der Waals surface area (Å²) >= 11 is 2.95. The summed E-state index contributed by atoms with van der Waals surface area (Å²) in [6, 6.07) is 1.61. The molecule has 0 spiro atoms. The van der Waals surface area contributed by atoms with Crippen LogP contribution in [0.3, 0.4) is 0 Å². The van der Waals surface area contributed by atoms with Gasteiger partial charge in [0.15, 0.2) is 0 Å². The number of phenolic OH excluding ortho intramolecular Hbond substituents is 1. The lowest BCUT2D eigenvalue weighted by Crippen LogP contribution is -2.14. The fourth-order valence-electron chi connectivity index (χ4n) is 0.947. The van der Waals surface area contributed by atoms with Crippen LogP contribution >= 0.6 is 15.9 Å². The van der Waals surface area contributed by atoms with Crippen LogP contribution in [0.2, 0.25) is 0 Å². The number of aliphatic hydroxyl groups excluding tert-OH is 1. The number of hydrogen-bond donors (Lipinski definition) is 3. The van der Waals surface area contributed by atoms with E-state index >= 15 is 0 Å². The number of phenols is 1. The summed E-state index contributed by atoms with van der Waals surface area (Å²) in [7, 11) is 0. The molecule has 13 heavy (non-hydrogen) atoms. The van der Waals surface area contributed by atoms with Crippen molar-refractivity contribution < 1.29 is 14.6 Å². The van der Waals surface area contributed by atoms with Crippen LogP contribution in [-0.2, 0) is 0 Å². The molecule has 4 N–H and O–H groups in total. The summed E-state index contributed by atoms with van der Waals surface area (Å²) in [6.07, 6.45) is 0. The molecular formula is C8H9BrFNO2. The van der Waals surface area contributed by atoms with Crippen molar-refractivity contribution in [1.82, 2.24) is 0 Å². The van der Waals surface area contributed by atoms with Gasteiger partial charge in [-0.05, 0) is 22.0 Å². The van der Waals surface area contributed by atoms with E-state index in [-0.39, 0.29) is 16.8 Å². The average molecular weight is 250 g/mol. The van der Waals surface area contributed by atoms with Crippen LogP contribution in [0.5, 0.6) is 5.75 Å². The Morgan fingerprint density at radius 2 is 2.15 bits per heavy atom. The number of rotatable bonds is 2. The van der Waals surface area contributed by atoms with Crippen LogP contribution in [-0.4, -0.2) is 16.8 Å². The monoisotopic (exact) mass is 249 g/mol. The van der Waals surface area contributed by atoms with Crippen molar-refractivity contribution in [3.63, 3.8) is 0 Å². The van der Waals surface area contributed by atoms with Gasteiger partial charge in [0.1, 0.15) is 11.6 Å². The Labute approximate surface area is 83.1 Å². The van der Waals surface area contributed by atoms with Crippen molar-refractivity contribution in [3.05, 3.63) is 28.0 Å². The molecule has 72 valence electrons. The van der Waals surface area contributed by atoms with Crippen molar-refractivity contribution in [1.29, 1.82) is 0 Å². The summed E-state index contributed by atoms with van der Waals surface area (Å²) in [5.74, 6) is -0.811. The molecule has 1 rings (SSSR count). The first-order chi connectivity index (χ1) is 6.06. The first-order valence-electron chi connectivity index (χ1n) is 3.60. The molecule has 0 aliphatic rings. The predicted octanol–water partition coefficient (Wildman–Crippen LogP) is 1.29. The van der Waals surface area contributed by atoms with Crippen molar-refractivity contribution in [2.24, 2.45) is 5.73 Å². The highest BCUT2D eigenvalue weighted by molar-refractivity contribution is 9.10. The van der Waals surface area contributed by atoms with Crippen molar-refractivity contribution in [2.45, 2.75) is 6.04 Å². The smallest absolute Gasteiger partial charge is 0.141 e. The molecule has 3 nitrogen and oxygen atoms in total. The number of nitrogens with two attached hydrogens (primary N) is 1. The Kier molecular flexibility index (Phi) is 3.24. The molecule has 0 saturated carbocycles. The van der Waals surface area contributed by atoms with Crippen LogP contribution in [0, 0.1) is 5.82 Å². The van der Waals surface area contributed by atoms with Crippen molar-refractivity contribution in [2.75, 3.05) is 6.61 Å². The zero-order valence-electron chi connectivity index (χ0n) is 6.67. The SMILES string of the molecule is N[C@H](CO)c1cc(Br)c(F)cc1O. The van der Waals surface area contributed by atoms with E-state index in [1.54, 1.807) is 0 Å². The summed E-state index contributed by atoms with van der Waals surface area (Å²) < 4.78 is 13.0. The minimum Gasteiger partial charge on any atom is -0.507 e. The maximum atomic E-state index is 12.8. The normalized spacial score (nSPS) is 12.9. The fourth-order valence-corrected chi connectivity index (χ4v) is 1.31. The maximum absolute atomic E-state index is 12.8. The summed E-state index contributed by atoms with van der Waals surface area (Å²) in [5.41, 5.74) is 5.78. The molecule has 0 unspecified atom stereocenters. The second kappa shape index (κ2) is 4.04. The number of aliphatic hydroxyl groups is 1. The number of aromatic hydroxyl groups is 1. The molecule has 0 heterocycles. The number of halogens is 2. The van der Waals surface area contributed by atoms with E-state index in [1.807, 2.05) is 0 Å². The molecule has 0 aliphatic heterocycles. The van der Waals surface area contributed by atoms with Gasteiger partial charge in [0.2, 0.25) is 0 Å². The second-order valence-corrected chi connectivity index (χ2v) is 3.47. The maximum Gasteiger partial charge on any atom is 0.141 e. The molecule has 1 atom stereocenters. The van der Waals surface area contributed by atoms with Gasteiger partial charge in [-0.25, -0.2) is 4.39 Å². The van der Waals surface area contributed by atoms with Gasteiger partial charge in [-0.15, -0.1) is 0 Å². The van der Waals surface area contributed by atoms with Gasteiger partial charge in [-0.2, -0.15) is 0 Å². The summed E-state index contributed by atoms with van der Waals surface area (Å²) in [6.45, 7) is -0.300. The standard InChI is InChI=1S/C8H9BrFNO2/c9-5-1-4(7(11)3-12)8(13)2-6(5)10/h1-2,7,12-13H,3,11H2/t7-/m1/s1. The van der Waals surface area contributed by atoms with Crippen LogP contribution in [0.15, 0.2) is 16.6 Å². The van der Waals surface area contributed by atoms with E-state index < -0.39 is 11.9 Å². The predicted molar refractivity (Wildman–Crippen MR) is 49.8 cm³/mol. The lowest BCUT2D eigenvalue weighted by Gasteiger charge is -2.11.